The molecule has 0 aliphatic rings. The molecule has 3 rings (SSSR count). The molecule has 0 aliphatic carbocycles. The minimum atomic E-state index is -0.453. The SMILES string of the molecule is COC(=O)c1ccc(Oc2cnc3cc(O)ccc3c2)nc1. The molecule has 0 fully saturated rings. The van der Waals surface area contributed by atoms with Crippen molar-refractivity contribution in [3.8, 4) is 17.4 Å². The lowest BCUT2D eigenvalue weighted by atomic mass is 10.2. The van der Waals surface area contributed by atoms with Crippen LogP contribution < -0.4 is 4.74 Å². The summed E-state index contributed by atoms with van der Waals surface area (Å²) in [5, 5.41) is 10.2. The number of rotatable bonds is 3. The van der Waals surface area contributed by atoms with Gasteiger partial charge >= 0.3 is 5.97 Å². The molecule has 2 heterocycles. The van der Waals surface area contributed by atoms with Crippen LogP contribution in [0.2, 0.25) is 0 Å². The van der Waals surface area contributed by atoms with E-state index in [9.17, 15) is 9.90 Å². The van der Waals surface area contributed by atoms with Gasteiger partial charge in [0.05, 0.1) is 24.4 Å². The zero-order valence-corrected chi connectivity index (χ0v) is 11.7. The summed E-state index contributed by atoms with van der Waals surface area (Å²) in [6, 6.07) is 9.84. The van der Waals surface area contributed by atoms with Crippen molar-refractivity contribution in [3.05, 3.63) is 54.4 Å². The summed E-state index contributed by atoms with van der Waals surface area (Å²) in [6.45, 7) is 0. The van der Waals surface area contributed by atoms with Gasteiger partial charge in [0.1, 0.15) is 11.5 Å². The fourth-order valence-electron chi connectivity index (χ4n) is 1.95. The largest absolute Gasteiger partial charge is 0.508 e. The molecule has 1 aromatic carbocycles. The fourth-order valence-corrected chi connectivity index (χ4v) is 1.95. The minimum absolute atomic E-state index is 0.161. The number of fused-ring (bicyclic) bond motifs is 1. The van der Waals surface area contributed by atoms with E-state index in [1.807, 2.05) is 0 Å². The van der Waals surface area contributed by atoms with Crippen molar-refractivity contribution in [2.45, 2.75) is 0 Å². The molecule has 2 aromatic heterocycles. The molecule has 0 amide bonds. The third-order valence-electron chi connectivity index (χ3n) is 3.02. The lowest BCUT2D eigenvalue weighted by Gasteiger charge is -2.06. The van der Waals surface area contributed by atoms with E-state index < -0.39 is 5.97 Å². The molecule has 3 aromatic rings. The van der Waals surface area contributed by atoms with Crippen molar-refractivity contribution in [1.82, 2.24) is 9.97 Å². The average molecular weight is 296 g/mol. The summed E-state index contributed by atoms with van der Waals surface area (Å²) in [5.41, 5.74) is 1.02. The van der Waals surface area contributed by atoms with E-state index in [0.717, 1.165) is 5.39 Å². The minimum Gasteiger partial charge on any atom is -0.508 e. The molecule has 0 unspecified atom stereocenters. The number of phenolic OH excluding ortho intramolecular Hbond substituents is 1. The van der Waals surface area contributed by atoms with Crippen LogP contribution in [0.1, 0.15) is 10.4 Å². The first-order chi connectivity index (χ1) is 10.7. The maximum atomic E-state index is 11.3. The van der Waals surface area contributed by atoms with Gasteiger partial charge in [-0.2, -0.15) is 0 Å². The molecular formula is C16H12N2O4. The third kappa shape index (κ3) is 2.80. The Morgan fingerprint density at radius 1 is 1.09 bits per heavy atom. The number of ether oxygens (including phenoxy) is 2. The van der Waals surface area contributed by atoms with Gasteiger partial charge in [0, 0.05) is 23.7 Å². The maximum absolute atomic E-state index is 11.3. The molecule has 0 atom stereocenters. The molecule has 1 N–H and O–H groups in total. The van der Waals surface area contributed by atoms with Gasteiger partial charge in [-0.15, -0.1) is 0 Å². The van der Waals surface area contributed by atoms with Crippen LogP contribution in [0.5, 0.6) is 17.4 Å². The molecule has 0 saturated carbocycles. The number of esters is 1. The van der Waals surface area contributed by atoms with E-state index in [2.05, 4.69) is 14.7 Å². The number of phenols is 1. The number of aromatic nitrogens is 2. The standard InChI is InChI=1S/C16H12N2O4/c1-21-16(20)11-3-5-15(18-8-11)22-13-6-10-2-4-12(19)7-14(10)17-9-13/h2-9,19H,1H3. The molecule has 0 spiro atoms. The third-order valence-corrected chi connectivity index (χ3v) is 3.02. The second-order valence-electron chi connectivity index (χ2n) is 4.53. The Kier molecular flexibility index (Phi) is 3.57. The van der Waals surface area contributed by atoms with Crippen LogP contribution in [0.4, 0.5) is 0 Å². The lowest BCUT2D eigenvalue weighted by Crippen LogP contribution is -2.01. The van der Waals surface area contributed by atoms with Gasteiger partial charge < -0.3 is 14.6 Å². The summed E-state index contributed by atoms with van der Waals surface area (Å²) >= 11 is 0. The molecule has 22 heavy (non-hydrogen) atoms. The number of nitrogens with zero attached hydrogens (tertiary/aromatic N) is 2. The normalized spacial score (nSPS) is 10.4. The van der Waals surface area contributed by atoms with Crippen LogP contribution >= 0.6 is 0 Å². The van der Waals surface area contributed by atoms with Crippen molar-refractivity contribution in [1.29, 1.82) is 0 Å². The van der Waals surface area contributed by atoms with Gasteiger partial charge in [-0.05, 0) is 24.3 Å². The topological polar surface area (TPSA) is 81.5 Å². The van der Waals surface area contributed by atoms with Gasteiger partial charge in [0.2, 0.25) is 5.88 Å². The Labute approximate surface area is 126 Å². The Morgan fingerprint density at radius 2 is 1.95 bits per heavy atom. The van der Waals surface area contributed by atoms with Crippen molar-refractivity contribution >= 4 is 16.9 Å². The summed E-state index contributed by atoms with van der Waals surface area (Å²) in [5.74, 6) is 0.559. The van der Waals surface area contributed by atoms with E-state index in [0.29, 0.717) is 22.7 Å². The van der Waals surface area contributed by atoms with E-state index in [1.165, 1.54) is 19.5 Å². The van der Waals surface area contributed by atoms with Gasteiger partial charge in [-0.1, -0.05) is 0 Å². The molecule has 110 valence electrons. The van der Waals surface area contributed by atoms with Crippen molar-refractivity contribution in [3.63, 3.8) is 0 Å². The number of hydrogen-bond donors (Lipinski definition) is 1. The summed E-state index contributed by atoms with van der Waals surface area (Å²) in [4.78, 5) is 19.6. The first-order valence-corrected chi connectivity index (χ1v) is 6.47. The van der Waals surface area contributed by atoms with Crippen LogP contribution in [0.15, 0.2) is 48.8 Å². The number of carbonyl (C=O) groups is 1. The van der Waals surface area contributed by atoms with Gasteiger partial charge in [-0.25, -0.2) is 9.78 Å². The quantitative estimate of drug-likeness (QED) is 0.748. The van der Waals surface area contributed by atoms with E-state index in [1.54, 1.807) is 36.4 Å². The van der Waals surface area contributed by atoms with E-state index in [4.69, 9.17) is 4.74 Å². The zero-order valence-electron chi connectivity index (χ0n) is 11.7. The Bertz CT molecular complexity index is 831. The second-order valence-corrected chi connectivity index (χ2v) is 4.53. The molecule has 0 radical (unpaired) electrons. The summed E-state index contributed by atoms with van der Waals surface area (Å²) in [6.07, 6.45) is 2.92. The Hall–Kier alpha value is -3.15. The first kappa shape index (κ1) is 13.8. The van der Waals surface area contributed by atoms with Crippen LogP contribution in [-0.2, 0) is 4.74 Å². The monoisotopic (exact) mass is 296 g/mol. The highest BCUT2D eigenvalue weighted by Crippen LogP contribution is 2.25. The number of pyridine rings is 2. The fraction of sp³-hybridized carbons (Fsp3) is 0.0625. The van der Waals surface area contributed by atoms with E-state index >= 15 is 0 Å². The van der Waals surface area contributed by atoms with Crippen LogP contribution in [0.3, 0.4) is 0 Å². The molecule has 6 heteroatoms. The second kappa shape index (κ2) is 5.69. The van der Waals surface area contributed by atoms with Gasteiger partial charge in [0.25, 0.3) is 0 Å². The highest BCUT2D eigenvalue weighted by molar-refractivity contribution is 5.88. The van der Waals surface area contributed by atoms with Crippen LogP contribution in [-0.4, -0.2) is 28.2 Å². The number of methoxy groups -OCH3 is 1. The Balaban J connectivity index is 1.83. The molecular weight excluding hydrogens is 284 g/mol. The molecule has 0 aliphatic heterocycles. The first-order valence-electron chi connectivity index (χ1n) is 6.47. The molecule has 6 nitrogen and oxygen atoms in total. The molecule has 0 saturated heterocycles. The number of benzene rings is 1. The summed E-state index contributed by atoms with van der Waals surface area (Å²) < 4.78 is 10.2. The highest BCUT2D eigenvalue weighted by atomic mass is 16.5. The van der Waals surface area contributed by atoms with Crippen molar-refractivity contribution < 1.29 is 19.4 Å². The zero-order chi connectivity index (χ0) is 15.5. The van der Waals surface area contributed by atoms with E-state index in [-0.39, 0.29) is 5.75 Å². The number of hydrogen-bond acceptors (Lipinski definition) is 6. The van der Waals surface area contributed by atoms with Crippen LogP contribution in [0, 0.1) is 0 Å². The van der Waals surface area contributed by atoms with Gasteiger partial charge in [0.15, 0.2) is 0 Å². The van der Waals surface area contributed by atoms with Crippen molar-refractivity contribution in [2.24, 2.45) is 0 Å². The van der Waals surface area contributed by atoms with Crippen LogP contribution in [0.25, 0.3) is 10.9 Å². The predicted molar refractivity (Wildman–Crippen MR) is 79.1 cm³/mol. The summed E-state index contributed by atoms with van der Waals surface area (Å²) in [7, 11) is 1.31. The number of carbonyl (C=O) groups excluding carboxylic acids is 1. The maximum Gasteiger partial charge on any atom is 0.339 e. The highest BCUT2D eigenvalue weighted by Gasteiger charge is 2.07. The average Bonchev–Trinajstić information content (AvgIpc) is 2.55. The number of aromatic hydroxyl groups is 1. The molecule has 0 bridgehead atoms. The smallest absolute Gasteiger partial charge is 0.339 e. The van der Waals surface area contributed by atoms with Gasteiger partial charge in [-0.3, -0.25) is 4.98 Å². The lowest BCUT2D eigenvalue weighted by molar-refractivity contribution is 0.0600. The predicted octanol–water partition coefficient (Wildman–Crippen LogP) is 2.91. The Morgan fingerprint density at radius 3 is 2.68 bits per heavy atom. The van der Waals surface area contributed by atoms with Crippen molar-refractivity contribution in [2.75, 3.05) is 7.11 Å².